The maximum atomic E-state index is 9.96. The van der Waals surface area contributed by atoms with Gasteiger partial charge in [0.05, 0.1) is 25.0 Å². The number of fused-ring (bicyclic) bond motifs is 8. The molecule has 0 saturated heterocycles. The van der Waals surface area contributed by atoms with Crippen LogP contribution in [0.3, 0.4) is 0 Å². The van der Waals surface area contributed by atoms with Crippen molar-refractivity contribution >= 4 is 75.7 Å². The first-order chi connectivity index (χ1) is 36.7. The van der Waals surface area contributed by atoms with Gasteiger partial charge in [-0.25, -0.2) is 4.98 Å². The Hall–Kier alpha value is -9.18. The summed E-state index contributed by atoms with van der Waals surface area (Å²) in [5.74, 6) is 1.35. The van der Waals surface area contributed by atoms with Crippen LogP contribution in [-0.2, 0) is 0 Å². The van der Waals surface area contributed by atoms with Crippen molar-refractivity contribution < 1.29 is 12.6 Å². The van der Waals surface area contributed by atoms with Gasteiger partial charge in [-0.15, -0.1) is 0 Å². The molecule has 3 heteroatoms. The molecule has 11 aromatic carbocycles. The summed E-state index contributed by atoms with van der Waals surface area (Å²) >= 11 is 0. The minimum absolute atomic E-state index is 0.119. The largest absolute Gasteiger partial charge is 0.455 e. The first kappa shape index (κ1) is 33.3. The van der Waals surface area contributed by atoms with Gasteiger partial charge in [-0.05, 0) is 94.3 Å². The van der Waals surface area contributed by atoms with E-state index in [0.29, 0.717) is 39.2 Å². The summed E-state index contributed by atoms with van der Waals surface area (Å²) in [5.41, 5.74) is 8.06. The molecule has 0 unspecified atom stereocenters. The molecule has 3 aromatic heterocycles. The van der Waals surface area contributed by atoms with Crippen molar-refractivity contribution in [1.29, 1.82) is 0 Å². The molecule has 0 fully saturated rings. The zero-order chi connectivity index (χ0) is 50.6. The van der Waals surface area contributed by atoms with Gasteiger partial charge in [0.2, 0.25) is 0 Å². The van der Waals surface area contributed by atoms with Gasteiger partial charge < -0.3 is 4.42 Å². The van der Waals surface area contributed by atoms with E-state index in [1.54, 1.807) is 12.3 Å². The molecule has 0 aliphatic rings. The Morgan fingerprint density at radius 3 is 1.39 bits per heavy atom. The lowest BCUT2D eigenvalue weighted by Gasteiger charge is -2.16. The van der Waals surface area contributed by atoms with Crippen molar-refractivity contribution in [2.45, 2.75) is 0 Å². The van der Waals surface area contributed by atoms with E-state index in [9.17, 15) is 5.48 Å². The second-order valence-electron chi connectivity index (χ2n) is 17.5. The third-order valence-corrected chi connectivity index (χ3v) is 13.7. The fraction of sp³-hybridized carbons (Fsp3) is 0. The highest BCUT2D eigenvalue weighted by Gasteiger charge is 2.29. The summed E-state index contributed by atoms with van der Waals surface area (Å²) in [7, 11) is 0. The SMILES string of the molecule is [2H]c1c([2H])c([2H])c2c(-c3ccc(-c4oc(-c5cccc6ccccc56)c(-c5cccc6ccccc56)c4-c4cccc5ccccc45)c4ccccc34)c([2H])c([2H])c(-c3ccc4ccc5cccnc5c4n3)c2c1[2H]. The van der Waals surface area contributed by atoms with Gasteiger partial charge in [-0.1, -0.05) is 218 Å². The van der Waals surface area contributed by atoms with E-state index < -0.39 is 12.1 Å². The fourth-order valence-electron chi connectivity index (χ4n) is 10.5. The number of furan rings is 1. The van der Waals surface area contributed by atoms with E-state index in [1.807, 2.05) is 72.8 Å². The van der Waals surface area contributed by atoms with Crippen LogP contribution in [0.2, 0.25) is 0 Å². The summed E-state index contributed by atoms with van der Waals surface area (Å²) in [4.78, 5) is 9.69. The summed E-state index contributed by atoms with van der Waals surface area (Å²) in [6, 6.07) is 65.7. The highest BCUT2D eigenvalue weighted by molar-refractivity contribution is 6.17. The van der Waals surface area contributed by atoms with Crippen molar-refractivity contribution in [2.24, 2.45) is 0 Å². The smallest absolute Gasteiger partial charge is 0.143 e. The Kier molecular flexibility index (Phi) is 7.59. The number of pyridine rings is 2. The Bertz CT molecular complexity index is 4740. The molecular formula is C66H40N2O. The average Bonchev–Trinajstić information content (AvgIpc) is 3.86. The van der Waals surface area contributed by atoms with Crippen molar-refractivity contribution in [3.05, 3.63) is 243 Å². The van der Waals surface area contributed by atoms with Crippen LogP contribution in [-0.4, -0.2) is 9.97 Å². The molecule has 0 amide bonds. The lowest BCUT2D eigenvalue weighted by molar-refractivity contribution is 0.600. The second-order valence-corrected chi connectivity index (χ2v) is 17.5. The number of hydrogen-bond donors (Lipinski definition) is 0. The molecule has 14 aromatic rings. The van der Waals surface area contributed by atoms with Crippen LogP contribution >= 0.6 is 0 Å². The Morgan fingerprint density at radius 1 is 0.304 bits per heavy atom. The number of aromatic nitrogens is 2. The average molecular weight is 883 g/mol. The summed E-state index contributed by atoms with van der Waals surface area (Å²) in [6.45, 7) is 0. The topological polar surface area (TPSA) is 38.9 Å². The van der Waals surface area contributed by atoms with Crippen LogP contribution in [0.15, 0.2) is 247 Å². The summed E-state index contributed by atoms with van der Waals surface area (Å²) in [5, 5.41) is 9.90. The highest BCUT2D eigenvalue weighted by atomic mass is 16.3. The van der Waals surface area contributed by atoms with E-state index in [-0.39, 0.29) is 46.1 Å². The van der Waals surface area contributed by atoms with Gasteiger partial charge in [-0.3, -0.25) is 4.98 Å². The van der Waals surface area contributed by atoms with E-state index in [0.717, 1.165) is 81.9 Å². The first-order valence-electron chi connectivity index (χ1n) is 26.1. The molecule has 14 rings (SSSR count). The molecule has 0 saturated carbocycles. The minimum atomic E-state index is -0.437. The van der Waals surface area contributed by atoms with Crippen LogP contribution in [0.1, 0.15) is 8.22 Å². The van der Waals surface area contributed by atoms with Crippen molar-refractivity contribution in [3.8, 4) is 67.3 Å². The molecule has 69 heavy (non-hydrogen) atoms. The van der Waals surface area contributed by atoms with Gasteiger partial charge in [0.1, 0.15) is 11.5 Å². The van der Waals surface area contributed by atoms with E-state index >= 15 is 0 Å². The van der Waals surface area contributed by atoms with E-state index in [4.69, 9.17) is 12.1 Å². The maximum absolute atomic E-state index is 9.96. The molecule has 320 valence electrons. The van der Waals surface area contributed by atoms with Crippen LogP contribution in [0.25, 0.3) is 143 Å². The van der Waals surface area contributed by atoms with Crippen LogP contribution in [0.5, 0.6) is 0 Å². The number of benzene rings is 11. The molecule has 0 aliphatic carbocycles. The molecule has 3 heterocycles. The predicted octanol–water partition coefficient (Wildman–Crippen LogP) is 18.1. The summed E-state index contributed by atoms with van der Waals surface area (Å²) in [6.07, 6.45) is 1.70. The Morgan fingerprint density at radius 2 is 0.754 bits per heavy atom. The minimum Gasteiger partial charge on any atom is -0.455 e. The molecule has 0 spiro atoms. The number of nitrogens with zero attached hydrogens (tertiary/aromatic N) is 2. The lowest BCUT2D eigenvalue weighted by Crippen LogP contribution is -1.92. The van der Waals surface area contributed by atoms with Gasteiger partial charge in [0.15, 0.2) is 0 Å². The highest BCUT2D eigenvalue weighted by Crippen LogP contribution is 2.54. The molecule has 0 aliphatic heterocycles. The van der Waals surface area contributed by atoms with Crippen molar-refractivity contribution in [3.63, 3.8) is 0 Å². The van der Waals surface area contributed by atoms with Crippen LogP contribution in [0, 0.1) is 0 Å². The molecule has 0 N–H and O–H groups in total. The molecular weight excluding hydrogens is 837 g/mol. The predicted molar refractivity (Wildman–Crippen MR) is 289 cm³/mol. The maximum Gasteiger partial charge on any atom is 0.143 e. The number of hydrogen-bond acceptors (Lipinski definition) is 3. The monoisotopic (exact) mass is 882 g/mol. The van der Waals surface area contributed by atoms with Crippen molar-refractivity contribution in [1.82, 2.24) is 9.97 Å². The molecule has 0 radical (unpaired) electrons. The van der Waals surface area contributed by atoms with Gasteiger partial charge in [0.25, 0.3) is 0 Å². The molecule has 0 atom stereocenters. The van der Waals surface area contributed by atoms with Gasteiger partial charge >= 0.3 is 0 Å². The lowest BCUT2D eigenvalue weighted by atomic mass is 9.85. The summed E-state index contributed by atoms with van der Waals surface area (Å²) < 4.78 is 64.4. The van der Waals surface area contributed by atoms with Crippen LogP contribution < -0.4 is 0 Å². The molecule has 0 bridgehead atoms. The quantitative estimate of drug-likeness (QED) is 0.156. The van der Waals surface area contributed by atoms with Crippen molar-refractivity contribution in [2.75, 3.05) is 0 Å². The second kappa shape index (κ2) is 15.7. The van der Waals surface area contributed by atoms with Crippen LogP contribution in [0.4, 0.5) is 0 Å². The fourth-order valence-corrected chi connectivity index (χ4v) is 10.5. The number of rotatable bonds is 6. The Balaban J connectivity index is 1.09. The van der Waals surface area contributed by atoms with Gasteiger partial charge in [-0.2, -0.15) is 0 Å². The third-order valence-electron chi connectivity index (χ3n) is 13.7. The Labute approximate surface area is 406 Å². The third kappa shape index (κ3) is 6.21. The van der Waals surface area contributed by atoms with Gasteiger partial charge in [0, 0.05) is 44.8 Å². The normalized spacial score (nSPS) is 13.0. The van der Waals surface area contributed by atoms with E-state index in [2.05, 4.69) is 126 Å². The standard InChI is InChI=1S/C66H40N2O/c1-4-22-46-41(15-1)18-11-29-56(46)61-62(57-30-12-19-42-16-2-5-23-47(42)57)66(69-65(61)58-31-13-20-43-17-3-6-24-48(43)58)59-38-36-54(50-26-8-10-28-52(50)59)53-35-37-55(51-27-9-7-25-49(51)53)60-39-34-45-33-32-44-21-14-40-67-63(44)64(45)68-60/h1-40H/i7D,9D,25D,27D,35D,37D. The zero-order valence-corrected chi connectivity index (χ0v) is 36.9. The zero-order valence-electron chi connectivity index (χ0n) is 42.9. The first-order valence-corrected chi connectivity index (χ1v) is 23.1. The van der Waals surface area contributed by atoms with E-state index in [1.165, 1.54) is 0 Å². The molecule has 3 nitrogen and oxygen atoms in total.